The first-order chi connectivity index (χ1) is 10.8. The van der Waals surface area contributed by atoms with Crippen LogP contribution in [0.3, 0.4) is 0 Å². The van der Waals surface area contributed by atoms with E-state index >= 15 is 0 Å². The third kappa shape index (κ3) is 3.43. The molecule has 0 amide bonds. The summed E-state index contributed by atoms with van der Waals surface area (Å²) in [4.78, 5) is 11.2. The van der Waals surface area contributed by atoms with E-state index in [0.29, 0.717) is 30.4 Å². The molecule has 1 heterocycles. The third-order valence-corrected chi connectivity index (χ3v) is 4.97. The molecule has 5 N–H and O–H groups in total. The van der Waals surface area contributed by atoms with Gasteiger partial charge in [0.05, 0.1) is 18.6 Å². The normalized spacial score (nSPS) is 20.2. The fraction of sp³-hybridized carbons (Fsp3) is 0.750. The molecule has 6 heteroatoms. The summed E-state index contributed by atoms with van der Waals surface area (Å²) in [5.41, 5.74) is 12.7. The maximum absolute atomic E-state index is 6.12. The molecule has 3 rings (SSSR count). The molecule has 0 bridgehead atoms. The van der Waals surface area contributed by atoms with E-state index < -0.39 is 0 Å². The van der Waals surface area contributed by atoms with Crippen LogP contribution in [0.25, 0.3) is 0 Å². The van der Waals surface area contributed by atoms with Gasteiger partial charge in [-0.3, -0.25) is 0 Å². The largest absolute Gasteiger partial charge is 0.394 e. The van der Waals surface area contributed by atoms with Crippen LogP contribution in [-0.4, -0.2) is 28.7 Å². The molecular formula is C16H28N6. The molecule has 0 radical (unpaired) electrons. The first kappa shape index (κ1) is 15.3. The van der Waals surface area contributed by atoms with Crippen molar-refractivity contribution in [3.05, 3.63) is 6.20 Å². The van der Waals surface area contributed by atoms with Gasteiger partial charge in [-0.25, -0.2) is 4.98 Å². The van der Waals surface area contributed by atoms with Gasteiger partial charge in [0.2, 0.25) is 5.95 Å². The Morgan fingerprint density at radius 2 is 1.77 bits per heavy atom. The van der Waals surface area contributed by atoms with E-state index in [0.717, 1.165) is 5.82 Å². The van der Waals surface area contributed by atoms with Crippen molar-refractivity contribution < 1.29 is 0 Å². The molecular weight excluding hydrogens is 276 g/mol. The van der Waals surface area contributed by atoms with Gasteiger partial charge in [-0.1, -0.05) is 32.1 Å². The van der Waals surface area contributed by atoms with Crippen molar-refractivity contribution in [1.29, 1.82) is 0 Å². The van der Waals surface area contributed by atoms with E-state index in [-0.39, 0.29) is 0 Å². The van der Waals surface area contributed by atoms with Crippen LogP contribution in [0.1, 0.15) is 57.8 Å². The zero-order valence-electron chi connectivity index (χ0n) is 13.3. The maximum Gasteiger partial charge on any atom is 0.224 e. The highest BCUT2D eigenvalue weighted by molar-refractivity contribution is 5.63. The van der Waals surface area contributed by atoms with Gasteiger partial charge in [0.15, 0.2) is 5.82 Å². The number of nitrogen functional groups attached to an aromatic ring is 1. The molecule has 0 aliphatic heterocycles. The summed E-state index contributed by atoms with van der Waals surface area (Å²) in [5, 5.41) is 3.47. The topological polar surface area (TPSA) is 93.1 Å². The molecule has 0 spiro atoms. The van der Waals surface area contributed by atoms with E-state index in [2.05, 4.69) is 20.2 Å². The fourth-order valence-electron chi connectivity index (χ4n) is 3.74. The molecule has 0 aromatic carbocycles. The predicted octanol–water partition coefficient (Wildman–Crippen LogP) is 2.47. The van der Waals surface area contributed by atoms with Crippen molar-refractivity contribution in [2.24, 2.45) is 5.73 Å². The molecule has 0 atom stereocenters. The lowest BCUT2D eigenvalue weighted by molar-refractivity contribution is 0.460. The molecule has 6 nitrogen and oxygen atoms in total. The Labute approximate surface area is 132 Å². The fourth-order valence-corrected chi connectivity index (χ4v) is 3.74. The van der Waals surface area contributed by atoms with E-state index in [1.165, 1.54) is 57.8 Å². The number of nitrogens with zero attached hydrogens (tertiary/aromatic N) is 3. The molecule has 1 aromatic rings. The number of nitrogens with one attached hydrogen (secondary N) is 1. The van der Waals surface area contributed by atoms with Crippen molar-refractivity contribution in [3.8, 4) is 0 Å². The Morgan fingerprint density at radius 3 is 2.45 bits per heavy atom. The van der Waals surface area contributed by atoms with Gasteiger partial charge in [-0.15, -0.1) is 0 Å². The van der Waals surface area contributed by atoms with Crippen molar-refractivity contribution in [1.82, 2.24) is 9.97 Å². The SMILES string of the molecule is NCN(c1nc(NC2CCCCC2)ncc1N)C1CCCC1. The lowest BCUT2D eigenvalue weighted by atomic mass is 9.96. The number of anilines is 3. The van der Waals surface area contributed by atoms with Crippen LogP contribution in [0, 0.1) is 0 Å². The summed E-state index contributed by atoms with van der Waals surface area (Å²) in [5.74, 6) is 1.48. The second kappa shape index (κ2) is 7.13. The predicted molar refractivity (Wildman–Crippen MR) is 90.7 cm³/mol. The highest BCUT2D eigenvalue weighted by atomic mass is 15.3. The Morgan fingerprint density at radius 1 is 1.09 bits per heavy atom. The Balaban J connectivity index is 1.75. The van der Waals surface area contributed by atoms with E-state index in [4.69, 9.17) is 11.5 Å². The van der Waals surface area contributed by atoms with Crippen molar-refractivity contribution in [2.45, 2.75) is 69.9 Å². The van der Waals surface area contributed by atoms with Gasteiger partial charge >= 0.3 is 0 Å². The van der Waals surface area contributed by atoms with Crippen LogP contribution in [0.4, 0.5) is 17.5 Å². The molecule has 2 fully saturated rings. The minimum Gasteiger partial charge on any atom is -0.394 e. The Bertz CT molecular complexity index is 480. The smallest absolute Gasteiger partial charge is 0.224 e. The van der Waals surface area contributed by atoms with Crippen LogP contribution in [0.5, 0.6) is 0 Å². The van der Waals surface area contributed by atoms with Gasteiger partial charge in [0.25, 0.3) is 0 Å². The lowest BCUT2D eigenvalue weighted by Gasteiger charge is -2.30. The second-order valence-corrected chi connectivity index (χ2v) is 6.54. The van der Waals surface area contributed by atoms with Gasteiger partial charge in [-0.05, 0) is 25.7 Å². The van der Waals surface area contributed by atoms with Crippen LogP contribution >= 0.6 is 0 Å². The third-order valence-electron chi connectivity index (χ3n) is 4.97. The molecule has 22 heavy (non-hydrogen) atoms. The number of rotatable bonds is 5. The van der Waals surface area contributed by atoms with Crippen molar-refractivity contribution in [3.63, 3.8) is 0 Å². The minimum atomic E-state index is 0.453. The number of hydrogen-bond donors (Lipinski definition) is 3. The highest BCUT2D eigenvalue weighted by Crippen LogP contribution is 2.30. The zero-order chi connectivity index (χ0) is 15.4. The summed E-state index contributed by atoms with van der Waals surface area (Å²) < 4.78 is 0. The van der Waals surface area contributed by atoms with Crippen LogP contribution in [0.15, 0.2) is 6.20 Å². The summed E-state index contributed by atoms with van der Waals surface area (Å²) in [6, 6.07) is 0.952. The first-order valence-corrected chi connectivity index (χ1v) is 8.63. The first-order valence-electron chi connectivity index (χ1n) is 8.63. The van der Waals surface area contributed by atoms with Crippen molar-refractivity contribution in [2.75, 3.05) is 22.6 Å². The zero-order valence-corrected chi connectivity index (χ0v) is 13.3. The molecule has 0 saturated heterocycles. The molecule has 2 aliphatic rings. The Kier molecular flexibility index (Phi) is 4.97. The average molecular weight is 304 g/mol. The van der Waals surface area contributed by atoms with Gasteiger partial charge < -0.3 is 21.7 Å². The Hall–Kier alpha value is -1.56. The molecule has 2 saturated carbocycles. The van der Waals surface area contributed by atoms with E-state index in [1.54, 1.807) is 6.20 Å². The lowest BCUT2D eigenvalue weighted by Crippen LogP contribution is -2.39. The number of hydrogen-bond acceptors (Lipinski definition) is 6. The standard InChI is InChI=1S/C16H28N6/c17-11-22(13-8-4-5-9-13)15-14(18)10-19-16(21-15)20-12-6-2-1-3-7-12/h10,12-13H,1-9,11,17-18H2,(H,19,20,21). The van der Waals surface area contributed by atoms with Crippen LogP contribution < -0.4 is 21.7 Å². The summed E-state index contributed by atoms with van der Waals surface area (Å²) >= 11 is 0. The maximum atomic E-state index is 6.12. The molecule has 1 aromatic heterocycles. The van der Waals surface area contributed by atoms with E-state index in [9.17, 15) is 0 Å². The monoisotopic (exact) mass is 304 g/mol. The molecule has 2 aliphatic carbocycles. The average Bonchev–Trinajstić information content (AvgIpc) is 3.06. The van der Waals surface area contributed by atoms with Crippen LogP contribution in [0.2, 0.25) is 0 Å². The second-order valence-electron chi connectivity index (χ2n) is 6.54. The van der Waals surface area contributed by atoms with Gasteiger partial charge in [0.1, 0.15) is 0 Å². The molecule has 122 valence electrons. The quantitative estimate of drug-likeness (QED) is 0.724. The summed E-state index contributed by atoms with van der Waals surface area (Å²) in [7, 11) is 0. The minimum absolute atomic E-state index is 0.453. The van der Waals surface area contributed by atoms with Gasteiger partial charge in [0, 0.05) is 12.1 Å². The highest BCUT2D eigenvalue weighted by Gasteiger charge is 2.25. The van der Waals surface area contributed by atoms with Crippen LogP contribution in [-0.2, 0) is 0 Å². The molecule has 0 unspecified atom stereocenters. The van der Waals surface area contributed by atoms with E-state index in [1.807, 2.05) is 0 Å². The van der Waals surface area contributed by atoms with Crippen molar-refractivity contribution >= 4 is 17.5 Å². The summed E-state index contributed by atoms with van der Waals surface area (Å²) in [6.45, 7) is 0.453. The van der Waals surface area contributed by atoms with Gasteiger partial charge in [-0.2, -0.15) is 4.98 Å². The summed E-state index contributed by atoms with van der Waals surface area (Å²) in [6.07, 6.45) is 12.9. The number of aromatic nitrogens is 2. The number of nitrogens with two attached hydrogens (primary N) is 2.